The number of piperazine rings is 1. The Kier molecular flexibility index (Phi) is 6.87. The van der Waals surface area contributed by atoms with Gasteiger partial charge < -0.3 is 4.57 Å². The summed E-state index contributed by atoms with van der Waals surface area (Å²) in [5.74, 6) is 2.32. The van der Waals surface area contributed by atoms with Crippen molar-refractivity contribution < 1.29 is 0 Å². The van der Waals surface area contributed by atoms with E-state index in [1.807, 2.05) is 11.9 Å². The fourth-order valence-electron chi connectivity index (χ4n) is 4.34. The molecule has 0 spiro atoms. The normalized spacial score (nSPS) is 15.4. The molecule has 32 heavy (non-hydrogen) atoms. The molecular formula is C27H30N4S. The predicted molar refractivity (Wildman–Crippen MR) is 135 cm³/mol. The molecule has 5 heteroatoms. The van der Waals surface area contributed by atoms with E-state index in [0.717, 1.165) is 57.0 Å². The molecular weight excluding hydrogens is 412 g/mol. The lowest BCUT2D eigenvalue weighted by Crippen LogP contribution is -2.43. The Morgan fingerprint density at radius 2 is 1.34 bits per heavy atom. The number of aryl methyl sites for hydroxylation is 1. The predicted octanol–water partition coefficient (Wildman–Crippen LogP) is 5.09. The minimum atomic E-state index is 0.867. The maximum atomic E-state index is 5.01. The van der Waals surface area contributed by atoms with Crippen molar-refractivity contribution in [2.45, 2.75) is 19.5 Å². The first-order valence-corrected chi connectivity index (χ1v) is 12.4. The van der Waals surface area contributed by atoms with Crippen LogP contribution in [-0.4, -0.2) is 50.7 Å². The van der Waals surface area contributed by atoms with Gasteiger partial charge in [0, 0.05) is 38.5 Å². The monoisotopic (exact) mass is 442 g/mol. The van der Waals surface area contributed by atoms with E-state index >= 15 is 0 Å². The second-order valence-corrected chi connectivity index (χ2v) is 9.55. The molecule has 0 atom stereocenters. The first-order valence-electron chi connectivity index (χ1n) is 11.5. The summed E-state index contributed by atoms with van der Waals surface area (Å²) < 4.78 is 4.93. The van der Waals surface area contributed by atoms with Gasteiger partial charge in [0.2, 0.25) is 0 Å². The maximum absolute atomic E-state index is 5.01. The van der Waals surface area contributed by atoms with Gasteiger partial charge in [-0.3, -0.25) is 4.90 Å². The minimum Gasteiger partial charge on any atom is -0.322 e. The summed E-state index contributed by atoms with van der Waals surface area (Å²) in [7, 11) is 0. The highest BCUT2D eigenvalue weighted by Gasteiger charge is 2.20. The average molecular weight is 443 g/mol. The second-order valence-electron chi connectivity index (χ2n) is 8.36. The van der Waals surface area contributed by atoms with Crippen molar-refractivity contribution in [1.82, 2.24) is 18.8 Å². The molecule has 1 saturated heterocycles. The van der Waals surface area contributed by atoms with Crippen LogP contribution in [0.4, 0.5) is 0 Å². The number of para-hydroxylation sites is 2. The molecule has 5 rings (SSSR count). The Labute approximate surface area is 195 Å². The molecule has 4 nitrogen and oxygen atoms in total. The molecule has 0 unspecified atom stereocenters. The zero-order valence-corrected chi connectivity index (χ0v) is 19.3. The highest BCUT2D eigenvalue weighted by molar-refractivity contribution is 7.97. The number of hydrogen-bond donors (Lipinski definition) is 0. The Balaban J connectivity index is 1.19. The van der Waals surface area contributed by atoms with E-state index in [9.17, 15) is 0 Å². The van der Waals surface area contributed by atoms with Gasteiger partial charge in [-0.1, -0.05) is 84.7 Å². The van der Waals surface area contributed by atoms with Crippen LogP contribution in [0.3, 0.4) is 0 Å². The molecule has 0 amide bonds. The van der Waals surface area contributed by atoms with Crippen molar-refractivity contribution in [3.63, 3.8) is 0 Å². The van der Waals surface area contributed by atoms with Gasteiger partial charge in [0.25, 0.3) is 0 Å². The highest BCUT2D eigenvalue weighted by Crippen LogP contribution is 2.21. The summed E-state index contributed by atoms with van der Waals surface area (Å²) in [6.45, 7) is 6.17. The largest absolute Gasteiger partial charge is 0.322 e. The van der Waals surface area contributed by atoms with Gasteiger partial charge in [-0.2, -0.15) is 0 Å². The number of fused-ring (bicyclic) bond motifs is 1. The molecule has 0 N–H and O–H groups in total. The van der Waals surface area contributed by atoms with Gasteiger partial charge >= 0.3 is 0 Å². The molecule has 164 valence electrons. The summed E-state index contributed by atoms with van der Waals surface area (Å²) in [5, 5.41) is 0. The lowest BCUT2D eigenvalue weighted by Gasteiger charge is -2.33. The van der Waals surface area contributed by atoms with E-state index in [1.165, 1.54) is 22.5 Å². The number of hydrogen-bond acceptors (Lipinski definition) is 4. The third-order valence-electron chi connectivity index (χ3n) is 6.12. The van der Waals surface area contributed by atoms with Crippen molar-refractivity contribution in [2.24, 2.45) is 0 Å². The fourth-order valence-corrected chi connectivity index (χ4v) is 5.35. The standard InChI is InChI=1S/C27H30N4S/c1-3-9-23(10-4-1)15-20-32-30-18-16-29(17-19-30)22-27-28-25-13-7-8-14-26(25)31(27)21-24-11-5-2-6-12-24/h1-14H,15-22H2. The highest BCUT2D eigenvalue weighted by atomic mass is 32.2. The third-order valence-corrected chi connectivity index (χ3v) is 7.24. The van der Waals surface area contributed by atoms with E-state index in [-0.39, 0.29) is 0 Å². The van der Waals surface area contributed by atoms with Gasteiger partial charge in [0.15, 0.2) is 0 Å². The van der Waals surface area contributed by atoms with E-state index in [1.54, 1.807) is 0 Å². The number of nitrogens with zero attached hydrogens (tertiary/aromatic N) is 4. The van der Waals surface area contributed by atoms with E-state index < -0.39 is 0 Å². The Hall–Kier alpha value is -2.60. The van der Waals surface area contributed by atoms with Crippen LogP contribution in [0, 0.1) is 0 Å². The van der Waals surface area contributed by atoms with E-state index in [4.69, 9.17) is 4.98 Å². The lowest BCUT2D eigenvalue weighted by atomic mass is 10.2. The Bertz CT molecular complexity index is 1120. The number of rotatable bonds is 8. The molecule has 0 radical (unpaired) electrons. The summed E-state index contributed by atoms with van der Waals surface area (Å²) >= 11 is 2.00. The van der Waals surface area contributed by atoms with Crippen LogP contribution in [0.2, 0.25) is 0 Å². The van der Waals surface area contributed by atoms with Crippen molar-refractivity contribution in [3.8, 4) is 0 Å². The number of aromatic nitrogens is 2. The summed E-state index contributed by atoms with van der Waals surface area (Å²) in [5.41, 5.74) is 5.06. The first-order chi connectivity index (χ1) is 15.8. The molecule has 0 aliphatic carbocycles. The van der Waals surface area contributed by atoms with Crippen LogP contribution < -0.4 is 0 Å². The molecule has 4 aromatic rings. The van der Waals surface area contributed by atoms with Crippen LogP contribution in [0.25, 0.3) is 11.0 Å². The van der Waals surface area contributed by atoms with Crippen molar-refractivity contribution in [1.29, 1.82) is 0 Å². The Morgan fingerprint density at radius 3 is 2.09 bits per heavy atom. The maximum Gasteiger partial charge on any atom is 0.124 e. The minimum absolute atomic E-state index is 0.867. The summed E-state index contributed by atoms with van der Waals surface area (Å²) in [4.78, 5) is 7.56. The average Bonchev–Trinajstić information content (AvgIpc) is 3.18. The molecule has 1 aliphatic rings. The van der Waals surface area contributed by atoms with Gasteiger partial charge in [-0.15, -0.1) is 0 Å². The van der Waals surface area contributed by atoms with Gasteiger partial charge in [-0.05, 0) is 29.7 Å². The smallest absolute Gasteiger partial charge is 0.124 e. The molecule has 1 fully saturated rings. The van der Waals surface area contributed by atoms with Crippen molar-refractivity contribution >= 4 is 23.0 Å². The number of imidazole rings is 1. The van der Waals surface area contributed by atoms with Gasteiger partial charge in [0.05, 0.1) is 17.6 Å². The molecule has 0 bridgehead atoms. The summed E-state index contributed by atoms with van der Waals surface area (Å²) in [6, 6.07) is 30.0. The lowest BCUT2D eigenvalue weighted by molar-refractivity contribution is 0.184. The van der Waals surface area contributed by atoms with Crippen molar-refractivity contribution in [3.05, 3.63) is 102 Å². The molecule has 1 aliphatic heterocycles. The van der Waals surface area contributed by atoms with Crippen LogP contribution in [-0.2, 0) is 19.5 Å². The molecule has 0 saturated carbocycles. The number of benzene rings is 3. The van der Waals surface area contributed by atoms with Crippen LogP contribution in [0.15, 0.2) is 84.9 Å². The van der Waals surface area contributed by atoms with Gasteiger partial charge in [-0.25, -0.2) is 9.29 Å². The zero-order valence-electron chi connectivity index (χ0n) is 18.4. The van der Waals surface area contributed by atoms with E-state index in [2.05, 4.69) is 98.7 Å². The SMILES string of the molecule is c1ccc(CCSN2CCN(Cc3nc4ccccc4n3Cc3ccccc3)CC2)cc1. The van der Waals surface area contributed by atoms with Crippen LogP contribution in [0.1, 0.15) is 17.0 Å². The van der Waals surface area contributed by atoms with Gasteiger partial charge in [0.1, 0.15) is 5.82 Å². The van der Waals surface area contributed by atoms with Crippen LogP contribution in [0.5, 0.6) is 0 Å². The Morgan fingerprint density at radius 1 is 0.688 bits per heavy atom. The molecule has 3 aromatic carbocycles. The zero-order chi connectivity index (χ0) is 21.6. The second kappa shape index (κ2) is 10.3. The van der Waals surface area contributed by atoms with Crippen LogP contribution >= 0.6 is 11.9 Å². The topological polar surface area (TPSA) is 24.3 Å². The molecule has 1 aromatic heterocycles. The van der Waals surface area contributed by atoms with Crippen molar-refractivity contribution in [2.75, 3.05) is 31.9 Å². The fraction of sp³-hybridized carbons (Fsp3) is 0.296. The molecule has 2 heterocycles. The quantitative estimate of drug-likeness (QED) is 0.355. The first kappa shape index (κ1) is 21.3. The third kappa shape index (κ3) is 5.23. The van der Waals surface area contributed by atoms with E-state index in [0.29, 0.717) is 0 Å². The summed E-state index contributed by atoms with van der Waals surface area (Å²) in [6.07, 6.45) is 1.13.